The monoisotopic (exact) mass is 156 g/mol. The molecule has 1 aliphatic rings. The fourth-order valence-electron chi connectivity index (χ4n) is 0.918. The van der Waals surface area contributed by atoms with Crippen LogP contribution >= 0.6 is 0 Å². The van der Waals surface area contributed by atoms with Gasteiger partial charge >= 0.3 is 0 Å². The molecule has 0 aromatic heterocycles. The van der Waals surface area contributed by atoms with E-state index in [9.17, 15) is 17.6 Å². The van der Waals surface area contributed by atoms with Gasteiger partial charge in [0, 0.05) is 12.8 Å². The molecule has 1 unspecified atom stereocenters. The second-order valence-electron chi connectivity index (χ2n) is 2.63. The third-order valence-electron chi connectivity index (χ3n) is 1.81. The first-order chi connectivity index (χ1) is 4.40. The average molecular weight is 156 g/mol. The molecule has 0 spiro atoms. The van der Waals surface area contributed by atoms with Gasteiger partial charge in [-0.05, 0) is 0 Å². The third kappa shape index (κ3) is 1.11. The Morgan fingerprint density at radius 3 is 2.00 bits per heavy atom. The minimum atomic E-state index is -3.16. The van der Waals surface area contributed by atoms with Crippen LogP contribution in [0.2, 0.25) is 0 Å². The lowest BCUT2D eigenvalue weighted by Crippen LogP contribution is -2.21. The Morgan fingerprint density at radius 1 is 1.50 bits per heavy atom. The van der Waals surface area contributed by atoms with Crippen LogP contribution in [0.4, 0.5) is 17.6 Å². The van der Waals surface area contributed by atoms with Gasteiger partial charge in [0.15, 0.2) is 0 Å². The van der Waals surface area contributed by atoms with E-state index in [0.717, 1.165) is 0 Å². The molecule has 0 aliphatic heterocycles. The maximum atomic E-state index is 12.4. The highest BCUT2D eigenvalue weighted by molar-refractivity contribution is 5.02. The highest BCUT2D eigenvalue weighted by atomic mass is 19.3. The van der Waals surface area contributed by atoms with Crippen molar-refractivity contribution in [2.45, 2.75) is 31.6 Å². The number of rotatable bonds is 2. The van der Waals surface area contributed by atoms with E-state index in [1.54, 1.807) is 0 Å². The van der Waals surface area contributed by atoms with Crippen LogP contribution in [-0.4, -0.2) is 11.8 Å². The van der Waals surface area contributed by atoms with E-state index >= 15 is 0 Å². The maximum absolute atomic E-state index is 12.4. The van der Waals surface area contributed by atoms with Gasteiger partial charge in [-0.2, -0.15) is 0 Å². The van der Waals surface area contributed by atoms with Gasteiger partial charge in [0.2, 0.25) is 0 Å². The van der Waals surface area contributed by atoms with Crippen LogP contribution in [0.15, 0.2) is 0 Å². The van der Waals surface area contributed by atoms with Crippen molar-refractivity contribution in [2.24, 2.45) is 5.92 Å². The molecule has 0 N–H and O–H groups in total. The summed E-state index contributed by atoms with van der Waals surface area (Å²) in [5, 5.41) is 0. The topological polar surface area (TPSA) is 0 Å². The summed E-state index contributed by atoms with van der Waals surface area (Å²) in [5.41, 5.74) is 0. The fourth-order valence-corrected chi connectivity index (χ4v) is 0.918. The van der Waals surface area contributed by atoms with E-state index in [4.69, 9.17) is 0 Å². The van der Waals surface area contributed by atoms with Gasteiger partial charge in [-0.25, -0.2) is 17.6 Å². The molecule has 0 radical (unpaired) electrons. The Labute approximate surface area is 56.2 Å². The van der Waals surface area contributed by atoms with Crippen LogP contribution in [0.1, 0.15) is 19.8 Å². The number of hydrogen-bond donors (Lipinski definition) is 0. The average Bonchev–Trinajstić information content (AvgIpc) is 2.41. The Balaban J connectivity index is 2.54. The molecule has 0 nitrogen and oxygen atoms in total. The van der Waals surface area contributed by atoms with Crippen molar-refractivity contribution in [1.82, 2.24) is 0 Å². The largest absolute Gasteiger partial charge is 0.257 e. The predicted octanol–water partition coefficient (Wildman–Crippen LogP) is 2.69. The Bertz CT molecular complexity index is 141. The van der Waals surface area contributed by atoms with E-state index in [2.05, 4.69) is 0 Å². The Kier molecular flexibility index (Phi) is 1.45. The van der Waals surface area contributed by atoms with Crippen molar-refractivity contribution in [2.75, 3.05) is 0 Å². The minimum Gasteiger partial charge on any atom is -0.206 e. The van der Waals surface area contributed by atoms with Gasteiger partial charge in [0.1, 0.15) is 0 Å². The standard InChI is InChI=1S/C6H8F4/c1-2-5(7,8)4-3-6(4,9)10/h4H,2-3H2,1H3. The second kappa shape index (κ2) is 1.86. The van der Waals surface area contributed by atoms with Gasteiger partial charge < -0.3 is 0 Å². The van der Waals surface area contributed by atoms with Crippen molar-refractivity contribution < 1.29 is 17.6 Å². The van der Waals surface area contributed by atoms with Crippen LogP contribution in [0, 0.1) is 5.92 Å². The molecule has 1 rings (SSSR count). The Morgan fingerprint density at radius 2 is 1.90 bits per heavy atom. The van der Waals surface area contributed by atoms with Gasteiger partial charge in [-0.3, -0.25) is 0 Å². The molecule has 0 heterocycles. The minimum absolute atomic E-state index is 0.493. The summed E-state index contributed by atoms with van der Waals surface area (Å²) in [5.74, 6) is -7.95. The summed E-state index contributed by atoms with van der Waals surface area (Å²) in [6.07, 6.45) is -1.14. The molecular weight excluding hydrogens is 148 g/mol. The smallest absolute Gasteiger partial charge is 0.206 e. The summed E-state index contributed by atoms with van der Waals surface area (Å²) < 4.78 is 48.7. The zero-order chi connectivity index (χ0) is 7.99. The quantitative estimate of drug-likeness (QED) is 0.539. The van der Waals surface area contributed by atoms with Gasteiger partial charge in [-0.15, -0.1) is 0 Å². The summed E-state index contributed by atoms with van der Waals surface area (Å²) in [6, 6.07) is 0. The first-order valence-electron chi connectivity index (χ1n) is 3.16. The van der Waals surface area contributed by atoms with E-state index in [-0.39, 0.29) is 0 Å². The summed E-state index contributed by atoms with van der Waals surface area (Å²) in [7, 11) is 0. The molecule has 0 saturated heterocycles. The number of alkyl halides is 4. The molecule has 0 aromatic rings. The van der Waals surface area contributed by atoms with Crippen molar-refractivity contribution in [3.63, 3.8) is 0 Å². The fraction of sp³-hybridized carbons (Fsp3) is 1.00. The molecule has 60 valence electrons. The lowest BCUT2D eigenvalue weighted by molar-refractivity contribution is -0.0636. The zero-order valence-electron chi connectivity index (χ0n) is 5.50. The summed E-state index contributed by atoms with van der Waals surface area (Å²) in [6.45, 7) is 1.22. The third-order valence-corrected chi connectivity index (χ3v) is 1.81. The normalized spacial score (nSPS) is 30.3. The molecule has 0 bridgehead atoms. The highest BCUT2D eigenvalue weighted by Gasteiger charge is 2.67. The summed E-state index contributed by atoms with van der Waals surface area (Å²) >= 11 is 0. The molecule has 1 saturated carbocycles. The van der Waals surface area contributed by atoms with Gasteiger partial charge in [0.25, 0.3) is 11.8 Å². The molecule has 0 amide bonds. The van der Waals surface area contributed by atoms with Crippen LogP contribution in [0.3, 0.4) is 0 Å². The van der Waals surface area contributed by atoms with E-state index in [1.165, 1.54) is 6.92 Å². The van der Waals surface area contributed by atoms with Crippen molar-refractivity contribution in [3.05, 3.63) is 0 Å². The molecule has 0 aromatic carbocycles. The van der Waals surface area contributed by atoms with E-state index < -0.39 is 30.6 Å². The molecule has 4 heteroatoms. The first kappa shape index (κ1) is 7.82. The predicted molar refractivity (Wildman–Crippen MR) is 28.3 cm³/mol. The van der Waals surface area contributed by atoms with E-state index in [1.807, 2.05) is 0 Å². The lowest BCUT2D eigenvalue weighted by Gasteiger charge is -2.11. The van der Waals surface area contributed by atoms with Crippen molar-refractivity contribution in [3.8, 4) is 0 Å². The van der Waals surface area contributed by atoms with Gasteiger partial charge in [-0.1, -0.05) is 6.92 Å². The van der Waals surface area contributed by atoms with Crippen LogP contribution in [0.25, 0.3) is 0 Å². The molecule has 1 aliphatic carbocycles. The van der Waals surface area contributed by atoms with Crippen LogP contribution in [0.5, 0.6) is 0 Å². The first-order valence-corrected chi connectivity index (χ1v) is 3.16. The van der Waals surface area contributed by atoms with Crippen molar-refractivity contribution >= 4 is 0 Å². The Hall–Kier alpha value is -0.280. The van der Waals surface area contributed by atoms with Gasteiger partial charge in [0.05, 0.1) is 5.92 Å². The lowest BCUT2D eigenvalue weighted by atomic mass is 10.1. The second-order valence-corrected chi connectivity index (χ2v) is 2.63. The van der Waals surface area contributed by atoms with Crippen LogP contribution < -0.4 is 0 Å². The maximum Gasteiger partial charge on any atom is 0.257 e. The van der Waals surface area contributed by atoms with E-state index in [0.29, 0.717) is 0 Å². The molecular formula is C6H8F4. The molecule has 1 atom stereocenters. The highest BCUT2D eigenvalue weighted by Crippen LogP contribution is 2.57. The zero-order valence-corrected chi connectivity index (χ0v) is 5.50. The van der Waals surface area contributed by atoms with Crippen LogP contribution in [-0.2, 0) is 0 Å². The van der Waals surface area contributed by atoms with Crippen molar-refractivity contribution in [1.29, 1.82) is 0 Å². The summed E-state index contributed by atoms with van der Waals surface area (Å²) in [4.78, 5) is 0. The number of halogens is 4. The number of hydrogen-bond acceptors (Lipinski definition) is 0. The SMILES string of the molecule is CCC(F)(F)C1CC1(F)F. The molecule has 10 heavy (non-hydrogen) atoms. The molecule has 1 fully saturated rings.